The average molecular weight is 308 g/mol. The van der Waals surface area contributed by atoms with Gasteiger partial charge in [0.1, 0.15) is 0 Å². The Morgan fingerprint density at radius 3 is 2.39 bits per heavy atom. The first kappa shape index (κ1) is 15.3. The second kappa shape index (κ2) is 7.09. The minimum Gasteiger partial charge on any atom is -0.352 e. The molecule has 0 radical (unpaired) electrons. The van der Waals surface area contributed by atoms with Gasteiger partial charge in [-0.3, -0.25) is 9.59 Å². The molecule has 0 spiro atoms. The number of carbonyl (C=O) groups excluding carboxylic acids is 2. The summed E-state index contributed by atoms with van der Waals surface area (Å²) < 4.78 is 0. The van der Waals surface area contributed by atoms with E-state index in [9.17, 15) is 9.59 Å². The molecule has 0 unspecified atom stereocenters. The second-order valence-corrected chi connectivity index (χ2v) is 5.75. The molecule has 4 heteroatoms. The van der Waals surface area contributed by atoms with Crippen LogP contribution in [0.2, 0.25) is 0 Å². The van der Waals surface area contributed by atoms with Gasteiger partial charge in [0.2, 0.25) is 11.8 Å². The van der Waals surface area contributed by atoms with Crippen LogP contribution >= 0.6 is 0 Å². The van der Waals surface area contributed by atoms with Crippen molar-refractivity contribution in [2.75, 3.05) is 11.4 Å². The first-order valence-corrected chi connectivity index (χ1v) is 7.92. The molecule has 2 aromatic carbocycles. The van der Waals surface area contributed by atoms with Crippen LogP contribution in [0.3, 0.4) is 0 Å². The van der Waals surface area contributed by atoms with Crippen molar-refractivity contribution in [2.24, 2.45) is 0 Å². The van der Waals surface area contributed by atoms with Crippen molar-refractivity contribution in [1.82, 2.24) is 5.32 Å². The normalized spacial score (nSPS) is 14.1. The Labute approximate surface area is 136 Å². The number of nitrogens with one attached hydrogen (secondary N) is 1. The molecule has 1 fully saturated rings. The molecule has 2 amide bonds. The Morgan fingerprint density at radius 2 is 1.74 bits per heavy atom. The lowest BCUT2D eigenvalue weighted by Gasteiger charge is -2.15. The van der Waals surface area contributed by atoms with E-state index in [4.69, 9.17) is 0 Å². The maximum Gasteiger partial charge on any atom is 0.227 e. The Bertz CT molecular complexity index is 680. The smallest absolute Gasteiger partial charge is 0.227 e. The quantitative estimate of drug-likeness (QED) is 0.923. The number of nitrogens with zero attached hydrogens (tertiary/aromatic N) is 1. The molecule has 1 aliphatic rings. The third kappa shape index (κ3) is 3.97. The highest BCUT2D eigenvalue weighted by Gasteiger charge is 2.21. The highest BCUT2D eigenvalue weighted by molar-refractivity contribution is 5.95. The van der Waals surface area contributed by atoms with Gasteiger partial charge in [-0.2, -0.15) is 0 Å². The molecule has 1 aliphatic heterocycles. The number of benzene rings is 2. The first-order chi connectivity index (χ1) is 11.2. The molecule has 2 aromatic rings. The third-order valence-electron chi connectivity index (χ3n) is 4.02. The van der Waals surface area contributed by atoms with Crippen molar-refractivity contribution in [2.45, 2.75) is 25.8 Å². The van der Waals surface area contributed by atoms with Gasteiger partial charge in [0.25, 0.3) is 0 Å². The van der Waals surface area contributed by atoms with E-state index >= 15 is 0 Å². The maximum absolute atomic E-state index is 12.0. The first-order valence-electron chi connectivity index (χ1n) is 7.92. The molecule has 0 saturated carbocycles. The molecule has 1 N–H and O–H groups in total. The summed E-state index contributed by atoms with van der Waals surface area (Å²) in [5.41, 5.74) is 2.95. The summed E-state index contributed by atoms with van der Waals surface area (Å²) in [4.78, 5) is 25.5. The zero-order valence-electron chi connectivity index (χ0n) is 13.0. The molecule has 23 heavy (non-hydrogen) atoms. The number of anilines is 1. The fraction of sp³-hybridized carbons (Fsp3) is 0.263. The van der Waals surface area contributed by atoms with Crippen LogP contribution < -0.4 is 10.2 Å². The molecule has 1 saturated heterocycles. The SMILES string of the molecule is O=C(Cc1ccc(N2CCCC2=O)cc1)NCc1ccccc1. The average Bonchev–Trinajstić information content (AvgIpc) is 3.01. The Hall–Kier alpha value is -2.62. The molecule has 4 nitrogen and oxygen atoms in total. The van der Waals surface area contributed by atoms with Crippen LogP contribution in [0.1, 0.15) is 24.0 Å². The molecule has 1 heterocycles. The fourth-order valence-corrected chi connectivity index (χ4v) is 2.76. The van der Waals surface area contributed by atoms with Crippen molar-refractivity contribution in [3.05, 3.63) is 65.7 Å². The van der Waals surface area contributed by atoms with E-state index in [1.165, 1.54) is 0 Å². The topological polar surface area (TPSA) is 49.4 Å². The van der Waals surface area contributed by atoms with Crippen molar-refractivity contribution >= 4 is 17.5 Å². The predicted octanol–water partition coefficient (Wildman–Crippen LogP) is 2.67. The van der Waals surface area contributed by atoms with Gasteiger partial charge in [-0.15, -0.1) is 0 Å². The van der Waals surface area contributed by atoms with Gasteiger partial charge in [-0.05, 0) is 29.7 Å². The highest BCUT2D eigenvalue weighted by atomic mass is 16.2. The largest absolute Gasteiger partial charge is 0.352 e. The van der Waals surface area contributed by atoms with E-state index in [0.717, 1.165) is 29.8 Å². The van der Waals surface area contributed by atoms with E-state index in [0.29, 0.717) is 19.4 Å². The number of rotatable bonds is 5. The van der Waals surface area contributed by atoms with Gasteiger partial charge in [0.15, 0.2) is 0 Å². The van der Waals surface area contributed by atoms with E-state index < -0.39 is 0 Å². The summed E-state index contributed by atoms with van der Waals surface area (Å²) in [6.45, 7) is 1.33. The van der Waals surface area contributed by atoms with Crippen LogP contribution in [0.25, 0.3) is 0 Å². The summed E-state index contributed by atoms with van der Waals surface area (Å²) in [6.07, 6.45) is 1.90. The van der Waals surface area contributed by atoms with Crippen LogP contribution in [-0.4, -0.2) is 18.4 Å². The van der Waals surface area contributed by atoms with Crippen molar-refractivity contribution in [3.63, 3.8) is 0 Å². The standard InChI is InChI=1S/C19H20N2O2/c22-18(20-14-16-5-2-1-3-6-16)13-15-8-10-17(11-9-15)21-12-4-7-19(21)23/h1-3,5-6,8-11H,4,7,12-14H2,(H,20,22). The molecule has 0 bridgehead atoms. The molecular formula is C19H20N2O2. The van der Waals surface area contributed by atoms with Crippen molar-refractivity contribution in [1.29, 1.82) is 0 Å². The minimum atomic E-state index is -0.00106. The Kier molecular flexibility index (Phi) is 4.71. The molecular weight excluding hydrogens is 288 g/mol. The fourth-order valence-electron chi connectivity index (χ4n) is 2.76. The zero-order chi connectivity index (χ0) is 16.1. The van der Waals surface area contributed by atoms with Crippen LogP contribution in [0, 0.1) is 0 Å². The zero-order valence-corrected chi connectivity index (χ0v) is 13.0. The number of carbonyl (C=O) groups is 2. The lowest BCUT2D eigenvalue weighted by molar-refractivity contribution is -0.120. The summed E-state index contributed by atoms with van der Waals surface area (Å²) in [7, 11) is 0. The lowest BCUT2D eigenvalue weighted by Crippen LogP contribution is -2.25. The summed E-state index contributed by atoms with van der Waals surface area (Å²) >= 11 is 0. The predicted molar refractivity (Wildman–Crippen MR) is 90.0 cm³/mol. The number of hydrogen-bond acceptors (Lipinski definition) is 2. The summed E-state index contributed by atoms with van der Waals surface area (Å²) in [6, 6.07) is 17.5. The molecule has 3 rings (SSSR count). The molecule has 0 aromatic heterocycles. The Morgan fingerprint density at radius 1 is 1.00 bits per heavy atom. The van der Waals surface area contributed by atoms with Gasteiger partial charge < -0.3 is 10.2 Å². The van der Waals surface area contributed by atoms with Gasteiger partial charge in [-0.25, -0.2) is 0 Å². The summed E-state index contributed by atoms with van der Waals surface area (Å²) in [5, 5.41) is 2.92. The summed E-state index contributed by atoms with van der Waals surface area (Å²) in [5.74, 6) is 0.178. The van der Waals surface area contributed by atoms with E-state index in [2.05, 4.69) is 5.32 Å². The van der Waals surface area contributed by atoms with Crippen LogP contribution in [-0.2, 0) is 22.6 Å². The number of amides is 2. The van der Waals surface area contributed by atoms with Gasteiger partial charge in [-0.1, -0.05) is 42.5 Å². The van der Waals surface area contributed by atoms with Crippen molar-refractivity contribution in [3.8, 4) is 0 Å². The Balaban J connectivity index is 1.53. The monoisotopic (exact) mass is 308 g/mol. The van der Waals surface area contributed by atoms with Gasteiger partial charge in [0.05, 0.1) is 6.42 Å². The van der Waals surface area contributed by atoms with Gasteiger partial charge in [0, 0.05) is 25.2 Å². The van der Waals surface area contributed by atoms with Gasteiger partial charge >= 0.3 is 0 Å². The van der Waals surface area contributed by atoms with Crippen LogP contribution in [0.4, 0.5) is 5.69 Å². The minimum absolute atomic E-state index is 0.00106. The van der Waals surface area contributed by atoms with E-state index in [1.807, 2.05) is 54.6 Å². The second-order valence-electron chi connectivity index (χ2n) is 5.75. The third-order valence-corrected chi connectivity index (χ3v) is 4.02. The highest BCUT2D eigenvalue weighted by Crippen LogP contribution is 2.21. The van der Waals surface area contributed by atoms with E-state index in [-0.39, 0.29) is 11.8 Å². The van der Waals surface area contributed by atoms with E-state index in [1.54, 1.807) is 4.90 Å². The lowest BCUT2D eigenvalue weighted by atomic mass is 10.1. The maximum atomic E-state index is 12.0. The molecule has 118 valence electrons. The molecule has 0 aliphatic carbocycles. The van der Waals surface area contributed by atoms with Crippen molar-refractivity contribution < 1.29 is 9.59 Å². The van der Waals surface area contributed by atoms with Crippen LogP contribution in [0.15, 0.2) is 54.6 Å². The van der Waals surface area contributed by atoms with Crippen LogP contribution in [0.5, 0.6) is 0 Å². The number of hydrogen-bond donors (Lipinski definition) is 1. The molecule has 0 atom stereocenters.